The normalized spacial score (nSPS) is 15.5. The van der Waals surface area contributed by atoms with Crippen LogP contribution in [0.2, 0.25) is 0 Å². The fourth-order valence-corrected chi connectivity index (χ4v) is 4.15. The van der Waals surface area contributed by atoms with Crippen molar-refractivity contribution in [2.75, 3.05) is 24.3 Å². The number of hydrogen-bond donors (Lipinski definition) is 8. The summed E-state index contributed by atoms with van der Waals surface area (Å²) in [7, 11) is 0. The lowest BCUT2D eigenvalue weighted by atomic mass is 9.97. The second-order valence-electron chi connectivity index (χ2n) is 10.0. The second kappa shape index (κ2) is 19.5. The van der Waals surface area contributed by atoms with E-state index >= 15 is 0 Å². The third kappa shape index (κ3) is 14.2. The Morgan fingerprint density at radius 2 is 1.48 bits per heavy atom. The maximum absolute atomic E-state index is 12.9. The first-order valence-electron chi connectivity index (χ1n) is 13.2. The predicted octanol–water partition coefficient (Wildman–Crippen LogP) is -0.751. The van der Waals surface area contributed by atoms with Crippen LogP contribution in [-0.2, 0) is 28.8 Å². The highest BCUT2D eigenvalue weighted by Crippen LogP contribution is 2.10. The number of carbonyl (C=O) groups is 6. The Morgan fingerprint density at radius 3 is 1.98 bits per heavy atom. The summed E-state index contributed by atoms with van der Waals surface area (Å²) >= 11 is 5.62. The van der Waals surface area contributed by atoms with Gasteiger partial charge in [0.15, 0.2) is 0 Å². The molecule has 0 aliphatic rings. The van der Waals surface area contributed by atoms with Crippen molar-refractivity contribution < 1.29 is 33.9 Å². The minimum atomic E-state index is -1.24. The molecular formula is C25H46N6O7S2. The minimum absolute atomic E-state index is 0.0127. The number of hydrogen-bond acceptors (Lipinski definition) is 9. The number of thiol groups is 1. The van der Waals surface area contributed by atoms with Crippen LogP contribution in [0.5, 0.6) is 0 Å². The van der Waals surface area contributed by atoms with Crippen LogP contribution >= 0.6 is 24.4 Å². The molecule has 15 heteroatoms. The number of carboxylic acids is 1. The van der Waals surface area contributed by atoms with Crippen molar-refractivity contribution in [3.05, 3.63) is 0 Å². The van der Waals surface area contributed by atoms with Crippen molar-refractivity contribution in [3.63, 3.8) is 0 Å². The van der Waals surface area contributed by atoms with Crippen molar-refractivity contribution in [1.82, 2.24) is 26.6 Å². The first-order chi connectivity index (χ1) is 18.7. The fraction of sp³-hybridized carbons (Fsp3) is 0.760. The molecule has 0 aliphatic heterocycles. The van der Waals surface area contributed by atoms with Gasteiger partial charge in [-0.3, -0.25) is 28.8 Å². The molecule has 0 unspecified atom stereocenters. The van der Waals surface area contributed by atoms with Crippen molar-refractivity contribution in [3.8, 4) is 0 Å². The quantitative estimate of drug-likeness (QED) is 0.0869. The Labute approximate surface area is 246 Å². The number of aliphatic carboxylic acids is 1. The SMILES string of the molecule is CC[C@H](C)[C@H](NC(=O)[C@@H](N)CCSC)C(=O)NCC(=O)N[C@@H](CC(C)C)C(=O)N[C@@H](CS)C(=O)N[C@@H](C)C(=O)O. The lowest BCUT2D eigenvalue weighted by molar-refractivity contribution is -0.141. The van der Waals surface area contributed by atoms with E-state index in [1.54, 1.807) is 18.7 Å². The standard InChI is InChI=1S/C25H46N6O7S2/c1-7-14(4)20(31-21(33)16(26)8-9-40-6)24(36)27-11-19(32)29-17(10-13(2)3)22(34)30-18(12-39)23(35)28-15(5)25(37)38/h13-18,20,39H,7-12,26H2,1-6H3,(H,27,36)(H,28,35)(H,29,32)(H,30,34)(H,31,33)(H,37,38)/t14-,15-,16-,17-,18-,20-/m0/s1. The molecule has 0 rings (SSSR count). The van der Waals surface area contributed by atoms with Gasteiger partial charge in [-0.2, -0.15) is 24.4 Å². The van der Waals surface area contributed by atoms with E-state index in [1.165, 1.54) is 6.92 Å². The molecule has 0 spiro atoms. The van der Waals surface area contributed by atoms with Gasteiger partial charge in [0.05, 0.1) is 12.6 Å². The third-order valence-corrected chi connectivity index (χ3v) is 7.10. The summed E-state index contributed by atoms with van der Waals surface area (Å²) in [6, 6.07) is -5.00. The van der Waals surface area contributed by atoms with Crippen LogP contribution in [0.4, 0.5) is 0 Å². The lowest BCUT2D eigenvalue weighted by Crippen LogP contribution is -2.58. The number of rotatable bonds is 19. The first kappa shape index (κ1) is 37.5. The summed E-state index contributed by atoms with van der Waals surface area (Å²) in [5.74, 6) is -3.93. The van der Waals surface area contributed by atoms with Gasteiger partial charge < -0.3 is 37.4 Å². The number of nitrogens with one attached hydrogen (secondary N) is 5. The van der Waals surface area contributed by atoms with Gasteiger partial charge in [0.2, 0.25) is 29.5 Å². The third-order valence-electron chi connectivity index (χ3n) is 6.09. The van der Waals surface area contributed by atoms with Crippen molar-refractivity contribution >= 4 is 59.9 Å². The van der Waals surface area contributed by atoms with Crippen molar-refractivity contribution in [2.45, 2.75) is 84.1 Å². The zero-order valence-electron chi connectivity index (χ0n) is 24.1. The van der Waals surface area contributed by atoms with Gasteiger partial charge in [-0.15, -0.1) is 0 Å². The molecule has 6 atom stereocenters. The molecule has 0 aliphatic carbocycles. The van der Waals surface area contributed by atoms with Crippen LogP contribution in [0.1, 0.15) is 53.9 Å². The van der Waals surface area contributed by atoms with Gasteiger partial charge in [-0.1, -0.05) is 34.1 Å². The molecule has 13 nitrogen and oxygen atoms in total. The molecule has 0 bridgehead atoms. The highest BCUT2D eigenvalue weighted by molar-refractivity contribution is 7.98. The molecule has 0 aromatic rings. The van der Waals surface area contributed by atoms with E-state index in [2.05, 4.69) is 39.2 Å². The minimum Gasteiger partial charge on any atom is -0.480 e. The van der Waals surface area contributed by atoms with Crippen LogP contribution in [0.25, 0.3) is 0 Å². The van der Waals surface area contributed by atoms with Crippen LogP contribution in [-0.4, -0.2) is 95.1 Å². The molecule has 230 valence electrons. The molecule has 40 heavy (non-hydrogen) atoms. The van der Waals surface area contributed by atoms with E-state index in [9.17, 15) is 28.8 Å². The zero-order valence-corrected chi connectivity index (χ0v) is 25.8. The number of nitrogens with two attached hydrogens (primary N) is 1. The van der Waals surface area contributed by atoms with Crippen molar-refractivity contribution in [2.24, 2.45) is 17.6 Å². The molecule has 0 aromatic heterocycles. The Kier molecular flexibility index (Phi) is 18.3. The van der Waals surface area contributed by atoms with Gasteiger partial charge in [0.25, 0.3) is 0 Å². The van der Waals surface area contributed by atoms with Gasteiger partial charge >= 0.3 is 5.97 Å². The van der Waals surface area contributed by atoms with Crippen LogP contribution in [0, 0.1) is 11.8 Å². The number of thioether (sulfide) groups is 1. The topological polar surface area (TPSA) is 209 Å². The highest BCUT2D eigenvalue weighted by atomic mass is 32.2. The van der Waals surface area contributed by atoms with Gasteiger partial charge in [0.1, 0.15) is 24.2 Å². The number of amides is 5. The van der Waals surface area contributed by atoms with E-state index in [0.717, 1.165) is 0 Å². The smallest absolute Gasteiger partial charge is 0.325 e. The molecule has 0 fully saturated rings. The van der Waals surface area contributed by atoms with Crippen LogP contribution in [0.3, 0.4) is 0 Å². The Morgan fingerprint density at radius 1 is 0.875 bits per heavy atom. The zero-order chi connectivity index (χ0) is 31.0. The van der Waals surface area contributed by atoms with E-state index in [1.807, 2.05) is 27.0 Å². The summed E-state index contributed by atoms with van der Waals surface area (Å²) < 4.78 is 0. The molecule has 0 saturated carbocycles. The Balaban J connectivity index is 5.28. The lowest BCUT2D eigenvalue weighted by Gasteiger charge is -2.26. The average molecular weight is 607 g/mol. The molecule has 0 heterocycles. The van der Waals surface area contributed by atoms with Gasteiger partial charge in [-0.05, 0) is 43.6 Å². The van der Waals surface area contributed by atoms with Gasteiger partial charge in [0, 0.05) is 5.75 Å². The monoisotopic (exact) mass is 606 g/mol. The summed E-state index contributed by atoms with van der Waals surface area (Å²) in [6.45, 7) is 8.18. The maximum Gasteiger partial charge on any atom is 0.325 e. The fourth-order valence-electron chi connectivity index (χ4n) is 3.41. The van der Waals surface area contributed by atoms with Crippen molar-refractivity contribution in [1.29, 1.82) is 0 Å². The van der Waals surface area contributed by atoms with E-state index in [0.29, 0.717) is 18.6 Å². The average Bonchev–Trinajstić information content (AvgIpc) is 2.90. The Bertz CT molecular complexity index is 877. The van der Waals surface area contributed by atoms with Crippen LogP contribution < -0.4 is 32.3 Å². The van der Waals surface area contributed by atoms with Crippen LogP contribution in [0.15, 0.2) is 0 Å². The maximum atomic E-state index is 12.9. The Hall–Kier alpha value is -2.52. The molecule has 0 radical (unpaired) electrons. The van der Waals surface area contributed by atoms with E-state index < -0.39 is 72.3 Å². The second-order valence-corrected chi connectivity index (χ2v) is 11.4. The van der Waals surface area contributed by atoms with E-state index in [4.69, 9.17) is 10.8 Å². The summed E-state index contributed by atoms with van der Waals surface area (Å²) in [4.78, 5) is 74.4. The van der Waals surface area contributed by atoms with Gasteiger partial charge in [-0.25, -0.2) is 0 Å². The largest absolute Gasteiger partial charge is 0.480 e. The molecule has 5 amide bonds. The molecular weight excluding hydrogens is 560 g/mol. The summed E-state index contributed by atoms with van der Waals surface area (Å²) in [6.07, 6.45) is 3.18. The summed E-state index contributed by atoms with van der Waals surface area (Å²) in [5.41, 5.74) is 5.92. The number of carboxylic acid groups (broad SMARTS) is 1. The predicted molar refractivity (Wildman–Crippen MR) is 158 cm³/mol. The summed E-state index contributed by atoms with van der Waals surface area (Å²) in [5, 5.41) is 21.5. The molecule has 0 aromatic carbocycles. The highest BCUT2D eigenvalue weighted by Gasteiger charge is 2.30. The number of carbonyl (C=O) groups excluding carboxylic acids is 5. The molecule has 0 saturated heterocycles. The van der Waals surface area contributed by atoms with E-state index in [-0.39, 0.29) is 24.0 Å². The first-order valence-corrected chi connectivity index (χ1v) is 15.3. The molecule has 8 N–H and O–H groups in total.